The standard InChI is InChI=1S/C26H27ClFN3O4S/c1-26(2,3)18-10-8-17(9-11-18)25(33)30-20-7-5-6-19(14-20)29-24(32)16-31(36(4,34)35)21-12-13-23(28)22(27)15-21/h5-15H,16H2,1-4H3,(H,29,32)(H,30,33). The minimum absolute atomic E-state index is 0.0306. The number of anilines is 3. The van der Waals surface area contributed by atoms with Crippen LogP contribution in [-0.4, -0.2) is 33.0 Å². The second kappa shape index (κ2) is 10.7. The molecule has 0 bridgehead atoms. The summed E-state index contributed by atoms with van der Waals surface area (Å²) in [5.41, 5.74) is 2.41. The molecule has 2 N–H and O–H groups in total. The Hall–Kier alpha value is -3.43. The Balaban J connectivity index is 1.70. The van der Waals surface area contributed by atoms with Gasteiger partial charge in [0.25, 0.3) is 5.91 Å². The Morgan fingerprint density at radius 2 is 1.56 bits per heavy atom. The highest BCUT2D eigenvalue weighted by atomic mass is 35.5. The van der Waals surface area contributed by atoms with Crippen molar-refractivity contribution in [3.63, 3.8) is 0 Å². The molecule has 0 saturated heterocycles. The van der Waals surface area contributed by atoms with Crippen molar-refractivity contribution >= 4 is 50.5 Å². The molecule has 0 spiro atoms. The molecule has 0 aliphatic carbocycles. The third-order valence-electron chi connectivity index (χ3n) is 5.30. The quantitative estimate of drug-likeness (QED) is 0.425. The molecule has 2 amide bonds. The number of rotatable bonds is 7. The maximum Gasteiger partial charge on any atom is 0.255 e. The number of carbonyl (C=O) groups excluding carboxylic acids is 2. The Kier molecular flexibility index (Phi) is 8.05. The Morgan fingerprint density at radius 3 is 2.11 bits per heavy atom. The average Bonchev–Trinajstić information content (AvgIpc) is 2.78. The van der Waals surface area contributed by atoms with E-state index in [-0.39, 0.29) is 22.0 Å². The molecular formula is C26H27ClFN3O4S. The van der Waals surface area contributed by atoms with Crippen LogP contribution in [0.4, 0.5) is 21.5 Å². The van der Waals surface area contributed by atoms with Gasteiger partial charge >= 0.3 is 0 Å². The van der Waals surface area contributed by atoms with E-state index in [1.165, 1.54) is 6.07 Å². The van der Waals surface area contributed by atoms with E-state index >= 15 is 0 Å². The fourth-order valence-corrected chi connectivity index (χ4v) is 4.39. The van der Waals surface area contributed by atoms with Gasteiger partial charge in [-0.3, -0.25) is 13.9 Å². The smallest absolute Gasteiger partial charge is 0.255 e. The van der Waals surface area contributed by atoms with E-state index < -0.39 is 28.3 Å². The number of halogens is 2. The van der Waals surface area contributed by atoms with Gasteiger partial charge in [0.1, 0.15) is 12.4 Å². The molecule has 36 heavy (non-hydrogen) atoms. The molecule has 3 aromatic rings. The number of nitrogens with one attached hydrogen (secondary N) is 2. The minimum Gasteiger partial charge on any atom is -0.324 e. The first kappa shape index (κ1) is 27.2. The molecule has 190 valence electrons. The van der Waals surface area contributed by atoms with Crippen molar-refractivity contribution in [3.05, 3.63) is 88.7 Å². The number of hydrogen-bond acceptors (Lipinski definition) is 4. The first-order valence-corrected chi connectivity index (χ1v) is 13.2. The van der Waals surface area contributed by atoms with Crippen LogP contribution in [0.1, 0.15) is 36.7 Å². The predicted molar refractivity (Wildman–Crippen MR) is 142 cm³/mol. The Labute approximate surface area is 215 Å². The van der Waals surface area contributed by atoms with Crippen LogP contribution in [0.15, 0.2) is 66.7 Å². The highest BCUT2D eigenvalue weighted by Gasteiger charge is 2.22. The lowest BCUT2D eigenvalue weighted by atomic mass is 9.87. The monoisotopic (exact) mass is 531 g/mol. The maximum absolute atomic E-state index is 13.5. The third-order valence-corrected chi connectivity index (χ3v) is 6.73. The summed E-state index contributed by atoms with van der Waals surface area (Å²) in [5.74, 6) is -1.65. The topological polar surface area (TPSA) is 95.6 Å². The average molecular weight is 532 g/mol. The van der Waals surface area contributed by atoms with Gasteiger partial charge in [-0.25, -0.2) is 12.8 Å². The minimum atomic E-state index is -3.87. The fraction of sp³-hybridized carbons (Fsp3) is 0.231. The van der Waals surface area contributed by atoms with E-state index in [1.54, 1.807) is 36.4 Å². The van der Waals surface area contributed by atoms with E-state index in [9.17, 15) is 22.4 Å². The molecule has 0 unspecified atom stereocenters. The van der Waals surface area contributed by atoms with Crippen LogP contribution in [0.5, 0.6) is 0 Å². The Morgan fingerprint density at radius 1 is 0.944 bits per heavy atom. The molecule has 0 radical (unpaired) electrons. The van der Waals surface area contributed by atoms with Crippen molar-refractivity contribution in [1.82, 2.24) is 0 Å². The number of carbonyl (C=O) groups is 2. The lowest BCUT2D eigenvalue weighted by molar-refractivity contribution is -0.114. The molecule has 0 heterocycles. The molecular weight excluding hydrogens is 505 g/mol. The van der Waals surface area contributed by atoms with Crippen molar-refractivity contribution in [2.24, 2.45) is 0 Å². The molecule has 3 rings (SSSR count). The van der Waals surface area contributed by atoms with E-state index in [2.05, 4.69) is 31.4 Å². The van der Waals surface area contributed by atoms with Crippen molar-refractivity contribution in [3.8, 4) is 0 Å². The van der Waals surface area contributed by atoms with Crippen molar-refractivity contribution in [2.45, 2.75) is 26.2 Å². The first-order valence-electron chi connectivity index (χ1n) is 11.0. The highest BCUT2D eigenvalue weighted by Crippen LogP contribution is 2.25. The van der Waals surface area contributed by atoms with Gasteiger partial charge in [0.05, 0.1) is 17.0 Å². The summed E-state index contributed by atoms with van der Waals surface area (Å²) < 4.78 is 38.8. The SMILES string of the molecule is CC(C)(C)c1ccc(C(=O)Nc2cccc(NC(=O)CN(c3ccc(F)c(Cl)c3)S(C)(=O)=O)c2)cc1. The number of benzene rings is 3. The van der Waals surface area contributed by atoms with Gasteiger partial charge in [-0.05, 0) is 59.5 Å². The zero-order valence-corrected chi connectivity index (χ0v) is 21.9. The third kappa shape index (κ3) is 7.05. The maximum atomic E-state index is 13.5. The van der Waals surface area contributed by atoms with Crippen LogP contribution in [0.3, 0.4) is 0 Å². The van der Waals surface area contributed by atoms with Gasteiger partial charge in [-0.1, -0.05) is 50.6 Å². The summed E-state index contributed by atoms with van der Waals surface area (Å²) >= 11 is 5.77. The number of sulfonamides is 1. The van der Waals surface area contributed by atoms with E-state index in [0.29, 0.717) is 16.9 Å². The van der Waals surface area contributed by atoms with Crippen LogP contribution in [0.2, 0.25) is 5.02 Å². The molecule has 10 heteroatoms. The van der Waals surface area contributed by atoms with E-state index in [1.807, 2.05) is 12.1 Å². The summed E-state index contributed by atoms with van der Waals surface area (Å²) in [4.78, 5) is 25.3. The molecule has 0 aliphatic rings. The molecule has 0 fully saturated rings. The van der Waals surface area contributed by atoms with Gasteiger partial charge < -0.3 is 10.6 Å². The molecule has 3 aromatic carbocycles. The second-order valence-electron chi connectivity index (χ2n) is 9.28. The fourth-order valence-electron chi connectivity index (χ4n) is 3.37. The molecule has 7 nitrogen and oxygen atoms in total. The van der Waals surface area contributed by atoms with Gasteiger partial charge in [-0.15, -0.1) is 0 Å². The Bertz CT molecular complexity index is 1390. The number of hydrogen-bond donors (Lipinski definition) is 2. The lowest BCUT2D eigenvalue weighted by Crippen LogP contribution is -2.37. The summed E-state index contributed by atoms with van der Waals surface area (Å²) in [6, 6.07) is 17.2. The van der Waals surface area contributed by atoms with Crippen LogP contribution in [-0.2, 0) is 20.2 Å². The number of amides is 2. The van der Waals surface area contributed by atoms with Crippen LogP contribution in [0, 0.1) is 5.82 Å². The molecule has 0 saturated carbocycles. The predicted octanol–water partition coefficient (Wildman–Crippen LogP) is 5.43. The first-order chi connectivity index (χ1) is 16.7. The molecule has 0 aromatic heterocycles. The summed E-state index contributed by atoms with van der Waals surface area (Å²) in [6.45, 7) is 5.71. The highest BCUT2D eigenvalue weighted by molar-refractivity contribution is 7.92. The lowest BCUT2D eigenvalue weighted by Gasteiger charge is -2.22. The van der Waals surface area contributed by atoms with Gasteiger partial charge in [0, 0.05) is 16.9 Å². The summed E-state index contributed by atoms with van der Waals surface area (Å²) in [5, 5.41) is 5.13. The van der Waals surface area contributed by atoms with E-state index in [4.69, 9.17) is 11.6 Å². The molecule has 0 aliphatic heterocycles. The van der Waals surface area contributed by atoms with Crippen molar-refractivity contribution in [1.29, 1.82) is 0 Å². The van der Waals surface area contributed by atoms with Gasteiger partial charge in [-0.2, -0.15) is 0 Å². The van der Waals surface area contributed by atoms with Crippen LogP contribution in [0.25, 0.3) is 0 Å². The zero-order chi connectivity index (χ0) is 26.7. The normalized spacial score (nSPS) is 11.6. The molecule has 0 atom stereocenters. The number of nitrogens with zero attached hydrogens (tertiary/aromatic N) is 1. The second-order valence-corrected chi connectivity index (χ2v) is 11.6. The van der Waals surface area contributed by atoms with Crippen LogP contribution >= 0.6 is 11.6 Å². The van der Waals surface area contributed by atoms with Gasteiger partial charge in [0.15, 0.2) is 0 Å². The van der Waals surface area contributed by atoms with Crippen LogP contribution < -0.4 is 14.9 Å². The van der Waals surface area contributed by atoms with Crippen molar-refractivity contribution in [2.75, 3.05) is 27.7 Å². The summed E-state index contributed by atoms with van der Waals surface area (Å²) in [6.07, 6.45) is 0.932. The summed E-state index contributed by atoms with van der Waals surface area (Å²) in [7, 11) is -3.87. The largest absolute Gasteiger partial charge is 0.324 e. The van der Waals surface area contributed by atoms with Crippen molar-refractivity contribution < 1.29 is 22.4 Å². The van der Waals surface area contributed by atoms with Gasteiger partial charge in [0.2, 0.25) is 15.9 Å². The van der Waals surface area contributed by atoms with E-state index in [0.717, 1.165) is 28.3 Å². The zero-order valence-electron chi connectivity index (χ0n) is 20.3.